The van der Waals surface area contributed by atoms with Gasteiger partial charge in [-0.05, 0) is 42.3 Å². The minimum absolute atomic E-state index is 0.331. The number of hydrogen-bond donors (Lipinski definition) is 1. The first kappa shape index (κ1) is 18.5. The lowest BCUT2D eigenvalue weighted by molar-refractivity contribution is 0.494. The van der Waals surface area contributed by atoms with E-state index in [-0.39, 0.29) is 6.04 Å². The van der Waals surface area contributed by atoms with Crippen LogP contribution in [0.15, 0.2) is 77.2 Å². The lowest BCUT2D eigenvalue weighted by atomic mass is 10.1. The first-order valence-corrected chi connectivity index (χ1v) is 9.54. The Morgan fingerprint density at radius 1 is 0.821 bits per heavy atom. The number of nitrogens with one attached hydrogen (secondary N) is 1. The van der Waals surface area contributed by atoms with Crippen LogP contribution in [0.2, 0.25) is 10.0 Å². The molecule has 0 bridgehead atoms. The zero-order valence-corrected chi connectivity index (χ0v) is 16.6. The van der Waals surface area contributed by atoms with Crippen molar-refractivity contribution in [1.82, 2.24) is 10.2 Å². The Hall–Kier alpha value is -2.82. The van der Waals surface area contributed by atoms with Crippen LogP contribution in [0.4, 0.5) is 5.69 Å². The van der Waals surface area contributed by atoms with Gasteiger partial charge in [-0.1, -0.05) is 71.7 Å². The summed E-state index contributed by atoms with van der Waals surface area (Å²) in [6.45, 7) is 1.97. The fourth-order valence-corrected chi connectivity index (χ4v) is 3.34. The van der Waals surface area contributed by atoms with Crippen LogP contribution >= 0.6 is 23.2 Å². The zero-order valence-electron chi connectivity index (χ0n) is 15.1. The summed E-state index contributed by atoms with van der Waals surface area (Å²) in [5.41, 5.74) is 3.56. The SMILES string of the molecule is Cc1c(Cl)cccc1NC(c1ccccc1)c1nnc(-c2ccccc2Cl)o1. The van der Waals surface area contributed by atoms with Gasteiger partial charge in [-0.3, -0.25) is 0 Å². The van der Waals surface area contributed by atoms with Gasteiger partial charge in [-0.15, -0.1) is 10.2 Å². The lowest BCUT2D eigenvalue weighted by Crippen LogP contribution is -2.13. The second kappa shape index (κ2) is 8.05. The molecule has 0 fully saturated rings. The van der Waals surface area contributed by atoms with E-state index in [1.807, 2.05) is 73.7 Å². The maximum atomic E-state index is 6.28. The van der Waals surface area contributed by atoms with E-state index in [0.29, 0.717) is 27.4 Å². The average Bonchev–Trinajstić information content (AvgIpc) is 3.20. The molecule has 0 aliphatic rings. The van der Waals surface area contributed by atoms with Crippen LogP contribution in [0.3, 0.4) is 0 Å². The molecule has 6 heteroatoms. The Labute approximate surface area is 173 Å². The van der Waals surface area contributed by atoms with Crippen LogP contribution in [0.5, 0.6) is 0 Å². The van der Waals surface area contributed by atoms with Crippen molar-refractivity contribution in [3.63, 3.8) is 0 Å². The number of anilines is 1. The van der Waals surface area contributed by atoms with E-state index >= 15 is 0 Å². The number of rotatable bonds is 5. The zero-order chi connectivity index (χ0) is 19.5. The summed E-state index contributed by atoms with van der Waals surface area (Å²) in [6.07, 6.45) is 0. The molecule has 140 valence electrons. The molecule has 0 aliphatic carbocycles. The smallest absolute Gasteiger partial charge is 0.249 e. The maximum absolute atomic E-state index is 6.28. The van der Waals surface area contributed by atoms with Gasteiger partial charge in [0.15, 0.2) is 0 Å². The minimum Gasteiger partial charge on any atom is -0.418 e. The summed E-state index contributed by atoms with van der Waals surface area (Å²) in [4.78, 5) is 0. The number of benzene rings is 3. The maximum Gasteiger partial charge on any atom is 0.249 e. The predicted octanol–water partition coefficient (Wildman–Crippen LogP) is 6.55. The van der Waals surface area contributed by atoms with E-state index in [1.54, 1.807) is 6.07 Å². The van der Waals surface area contributed by atoms with Gasteiger partial charge in [0.25, 0.3) is 0 Å². The second-order valence-corrected chi connectivity index (χ2v) is 7.14. The second-order valence-electron chi connectivity index (χ2n) is 6.33. The summed E-state index contributed by atoms with van der Waals surface area (Å²) in [7, 11) is 0. The molecule has 0 aliphatic heterocycles. The Morgan fingerprint density at radius 3 is 2.32 bits per heavy atom. The van der Waals surface area contributed by atoms with Crippen LogP contribution in [0.25, 0.3) is 11.5 Å². The molecular formula is C22H17Cl2N3O. The Kier molecular flexibility index (Phi) is 5.33. The van der Waals surface area contributed by atoms with Crippen LogP contribution in [0, 0.1) is 6.92 Å². The molecule has 1 unspecified atom stereocenters. The molecule has 1 heterocycles. The van der Waals surface area contributed by atoms with E-state index in [0.717, 1.165) is 16.8 Å². The van der Waals surface area contributed by atoms with Gasteiger partial charge in [0.1, 0.15) is 6.04 Å². The normalized spacial score (nSPS) is 12.0. The van der Waals surface area contributed by atoms with E-state index in [1.165, 1.54) is 0 Å². The van der Waals surface area contributed by atoms with E-state index in [2.05, 4.69) is 15.5 Å². The molecule has 1 N–H and O–H groups in total. The molecule has 0 amide bonds. The van der Waals surface area contributed by atoms with Crippen LogP contribution in [-0.4, -0.2) is 10.2 Å². The molecule has 0 radical (unpaired) electrons. The first-order chi connectivity index (χ1) is 13.6. The highest BCUT2D eigenvalue weighted by molar-refractivity contribution is 6.33. The summed E-state index contributed by atoms with van der Waals surface area (Å²) in [5, 5.41) is 13.2. The number of nitrogens with zero attached hydrogens (tertiary/aromatic N) is 2. The highest BCUT2D eigenvalue weighted by Gasteiger charge is 2.23. The topological polar surface area (TPSA) is 51.0 Å². The monoisotopic (exact) mass is 409 g/mol. The quantitative estimate of drug-likeness (QED) is 0.405. The molecule has 28 heavy (non-hydrogen) atoms. The largest absolute Gasteiger partial charge is 0.418 e. The molecule has 1 aromatic heterocycles. The lowest BCUT2D eigenvalue weighted by Gasteiger charge is -2.19. The van der Waals surface area contributed by atoms with E-state index < -0.39 is 0 Å². The molecule has 4 rings (SSSR count). The van der Waals surface area contributed by atoms with Gasteiger partial charge >= 0.3 is 0 Å². The number of halogens is 2. The Bertz CT molecular complexity index is 1100. The minimum atomic E-state index is -0.331. The van der Waals surface area contributed by atoms with Crippen molar-refractivity contribution in [3.05, 3.63) is 99.9 Å². The van der Waals surface area contributed by atoms with Crippen molar-refractivity contribution in [2.45, 2.75) is 13.0 Å². The average molecular weight is 410 g/mol. The highest BCUT2D eigenvalue weighted by Crippen LogP contribution is 2.33. The van der Waals surface area contributed by atoms with Crippen molar-refractivity contribution >= 4 is 28.9 Å². The molecule has 0 spiro atoms. The standard InChI is InChI=1S/C22H17Cl2N3O/c1-14-17(23)12-7-13-19(14)25-20(15-8-3-2-4-9-15)22-27-26-21(28-22)16-10-5-6-11-18(16)24/h2-13,20,25H,1H3. The van der Waals surface area contributed by atoms with Gasteiger partial charge < -0.3 is 9.73 Å². The third-order valence-electron chi connectivity index (χ3n) is 4.49. The third-order valence-corrected chi connectivity index (χ3v) is 5.23. The van der Waals surface area contributed by atoms with Crippen molar-refractivity contribution in [1.29, 1.82) is 0 Å². The molecule has 4 aromatic rings. The summed E-state index contributed by atoms with van der Waals surface area (Å²) in [6, 6.07) is 22.7. The van der Waals surface area contributed by atoms with Gasteiger partial charge in [0, 0.05) is 10.7 Å². The van der Waals surface area contributed by atoms with E-state index in [4.69, 9.17) is 27.6 Å². The van der Waals surface area contributed by atoms with Crippen LogP contribution in [-0.2, 0) is 0 Å². The van der Waals surface area contributed by atoms with Crippen molar-refractivity contribution < 1.29 is 4.42 Å². The molecular weight excluding hydrogens is 393 g/mol. The fourth-order valence-electron chi connectivity index (χ4n) is 2.95. The molecule has 3 aromatic carbocycles. The Balaban J connectivity index is 1.75. The predicted molar refractivity (Wildman–Crippen MR) is 113 cm³/mol. The van der Waals surface area contributed by atoms with Gasteiger partial charge in [0.2, 0.25) is 11.8 Å². The number of aromatic nitrogens is 2. The highest BCUT2D eigenvalue weighted by atomic mass is 35.5. The Morgan fingerprint density at radius 2 is 1.54 bits per heavy atom. The summed E-state index contributed by atoms with van der Waals surface area (Å²) in [5.74, 6) is 0.826. The fraction of sp³-hybridized carbons (Fsp3) is 0.0909. The summed E-state index contributed by atoms with van der Waals surface area (Å²) < 4.78 is 6.01. The molecule has 0 saturated carbocycles. The molecule has 0 saturated heterocycles. The van der Waals surface area contributed by atoms with Crippen LogP contribution in [0.1, 0.15) is 23.1 Å². The van der Waals surface area contributed by atoms with Gasteiger partial charge in [-0.25, -0.2) is 0 Å². The third kappa shape index (κ3) is 3.75. The first-order valence-electron chi connectivity index (χ1n) is 8.78. The van der Waals surface area contributed by atoms with Gasteiger partial charge in [-0.2, -0.15) is 0 Å². The van der Waals surface area contributed by atoms with Crippen molar-refractivity contribution in [2.75, 3.05) is 5.32 Å². The van der Waals surface area contributed by atoms with Gasteiger partial charge in [0.05, 0.1) is 10.6 Å². The van der Waals surface area contributed by atoms with Crippen LogP contribution < -0.4 is 5.32 Å². The molecule has 4 nitrogen and oxygen atoms in total. The van der Waals surface area contributed by atoms with E-state index in [9.17, 15) is 0 Å². The molecule has 1 atom stereocenters. The van der Waals surface area contributed by atoms with Crippen molar-refractivity contribution in [2.24, 2.45) is 0 Å². The number of hydrogen-bond acceptors (Lipinski definition) is 4. The summed E-state index contributed by atoms with van der Waals surface area (Å²) >= 11 is 12.6. The van der Waals surface area contributed by atoms with Crippen molar-refractivity contribution in [3.8, 4) is 11.5 Å².